The Balaban J connectivity index is 1.64. The van der Waals surface area contributed by atoms with E-state index in [9.17, 15) is 4.79 Å². The standard InChI is InChI=1S/C18H17N5O3S/c1-3-25-17(24)13-10(2)26-16-14(13)15(19)21-12(22-16)9-27-18-20-8-11-6-4-5-7-23(11)18/h4-8H,3,9H2,1-2H3,(H2,19,21,22). The lowest BCUT2D eigenvalue weighted by atomic mass is 10.2. The van der Waals surface area contributed by atoms with Gasteiger partial charge in [-0.1, -0.05) is 17.8 Å². The maximum absolute atomic E-state index is 12.2. The Labute approximate surface area is 158 Å². The first kappa shape index (κ1) is 17.3. The van der Waals surface area contributed by atoms with E-state index in [1.807, 2.05) is 35.0 Å². The molecule has 4 heterocycles. The van der Waals surface area contributed by atoms with Crippen molar-refractivity contribution in [3.63, 3.8) is 0 Å². The summed E-state index contributed by atoms with van der Waals surface area (Å²) in [6.07, 6.45) is 3.76. The minimum atomic E-state index is -0.491. The van der Waals surface area contributed by atoms with Crippen molar-refractivity contribution < 1.29 is 13.9 Å². The summed E-state index contributed by atoms with van der Waals surface area (Å²) in [4.78, 5) is 25.3. The maximum atomic E-state index is 12.2. The smallest absolute Gasteiger partial charge is 0.342 e. The van der Waals surface area contributed by atoms with Crippen molar-refractivity contribution in [2.75, 3.05) is 12.3 Å². The predicted molar refractivity (Wildman–Crippen MR) is 102 cm³/mol. The van der Waals surface area contributed by atoms with Gasteiger partial charge in [0, 0.05) is 6.20 Å². The Kier molecular flexibility index (Phi) is 4.44. The van der Waals surface area contributed by atoms with Crippen LogP contribution < -0.4 is 5.73 Å². The van der Waals surface area contributed by atoms with Gasteiger partial charge in [-0.3, -0.25) is 4.40 Å². The molecule has 4 aromatic rings. The number of pyridine rings is 1. The van der Waals surface area contributed by atoms with Crippen molar-refractivity contribution in [3.8, 4) is 0 Å². The van der Waals surface area contributed by atoms with Crippen molar-refractivity contribution in [1.29, 1.82) is 0 Å². The van der Waals surface area contributed by atoms with Gasteiger partial charge in [-0.15, -0.1) is 0 Å². The van der Waals surface area contributed by atoms with Gasteiger partial charge in [-0.25, -0.2) is 14.8 Å². The zero-order valence-electron chi connectivity index (χ0n) is 14.8. The number of anilines is 1. The molecule has 0 atom stereocenters. The van der Waals surface area contributed by atoms with Crippen LogP contribution in [0.3, 0.4) is 0 Å². The number of fused-ring (bicyclic) bond motifs is 2. The summed E-state index contributed by atoms with van der Waals surface area (Å²) in [5.41, 5.74) is 7.67. The lowest BCUT2D eigenvalue weighted by Crippen LogP contribution is -2.07. The highest BCUT2D eigenvalue weighted by atomic mass is 32.2. The van der Waals surface area contributed by atoms with Gasteiger partial charge >= 0.3 is 5.97 Å². The molecular weight excluding hydrogens is 366 g/mol. The molecule has 8 nitrogen and oxygen atoms in total. The van der Waals surface area contributed by atoms with Gasteiger partial charge in [-0.05, 0) is 26.0 Å². The fourth-order valence-electron chi connectivity index (χ4n) is 2.85. The third-order valence-electron chi connectivity index (χ3n) is 4.02. The molecule has 0 fully saturated rings. The third kappa shape index (κ3) is 3.10. The molecule has 0 unspecified atom stereocenters. The SMILES string of the molecule is CCOC(=O)c1c(C)oc2nc(CSc3ncc4ccccn34)nc(N)c12. The van der Waals surface area contributed by atoms with Crippen LogP contribution in [0.2, 0.25) is 0 Å². The first-order valence-electron chi connectivity index (χ1n) is 8.36. The molecule has 0 spiro atoms. The van der Waals surface area contributed by atoms with Crippen molar-refractivity contribution in [2.24, 2.45) is 0 Å². The summed E-state index contributed by atoms with van der Waals surface area (Å²) in [6, 6.07) is 5.89. The number of imidazole rings is 1. The number of carbonyl (C=O) groups excluding carboxylic acids is 1. The molecule has 0 aromatic carbocycles. The highest BCUT2D eigenvalue weighted by Crippen LogP contribution is 2.30. The van der Waals surface area contributed by atoms with Gasteiger partial charge in [0.05, 0.1) is 29.5 Å². The average molecular weight is 383 g/mol. The number of rotatable bonds is 5. The van der Waals surface area contributed by atoms with Crippen molar-refractivity contribution in [2.45, 2.75) is 24.8 Å². The number of ether oxygens (including phenoxy) is 1. The van der Waals surface area contributed by atoms with Crippen LogP contribution in [0.15, 0.2) is 40.2 Å². The van der Waals surface area contributed by atoms with Gasteiger partial charge in [0.25, 0.3) is 0 Å². The second kappa shape index (κ2) is 6.92. The highest BCUT2D eigenvalue weighted by Gasteiger charge is 2.24. The maximum Gasteiger partial charge on any atom is 0.342 e. The minimum absolute atomic E-state index is 0.198. The van der Waals surface area contributed by atoms with Crippen LogP contribution in [0.5, 0.6) is 0 Å². The molecule has 138 valence electrons. The van der Waals surface area contributed by atoms with Gasteiger partial charge < -0.3 is 14.9 Å². The number of hydrogen-bond donors (Lipinski definition) is 1. The Morgan fingerprint density at radius 3 is 3.04 bits per heavy atom. The number of carbonyl (C=O) groups is 1. The first-order chi connectivity index (χ1) is 13.1. The fourth-order valence-corrected chi connectivity index (χ4v) is 3.67. The lowest BCUT2D eigenvalue weighted by Gasteiger charge is -2.04. The van der Waals surface area contributed by atoms with E-state index in [1.165, 1.54) is 11.8 Å². The topological polar surface area (TPSA) is 109 Å². The van der Waals surface area contributed by atoms with Crippen LogP contribution >= 0.6 is 11.8 Å². The predicted octanol–water partition coefficient (Wildman–Crippen LogP) is 3.23. The number of nitrogens with two attached hydrogens (primary N) is 1. The normalized spacial score (nSPS) is 11.3. The van der Waals surface area contributed by atoms with Crippen LogP contribution in [0.25, 0.3) is 16.6 Å². The Morgan fingerprint density at radius 2 is 2.22 bits per heavy atom. The first-order valence-corrected chi connectivity index (χ1v) is 9.34. The van der Waals surface area contributed by atoms with E-state index in [0.29, 0.717) is 22.7 Å². The zero-order chi connectivity index (χ0) is 19.0. The molecule has 4 aromatic heterocycles. The lowest BCUT2D eigenvalue weighted by molar-refractivity contribution is 0.0526. The van der Waals surface area contributed by atoms with Gasteiger partial charge in [-0.2, -0.15) is 4.98 Å². The second-order valence-corrected chi connectivity index (χ2v) is 6.73. The highest BCUT2D eigenvalue weighted by molar-refractivity contribution is 7.98. The molecule has 0 aliphatic carbocycles. The molecule has 2 N–H and O–H groups in total. The molecule has 0 saturated heterocycles. The summed E-state index contributed by atoms with van der Waals surface area (Å²) in [5, 5.41) is 1.22. The van der Waals surface area contributed by atoms with Crippen LogP contribution in [0, 0.1) is 6.92 Å². The van der Waals surface area contributed by atoms with Crippen LogP contribution in [-0.2, 0) is 10.5 Å². The van der Waals surface area contributed by atoms with Crippen LogP contribution in [0.1, 0.15) is 28.9 Å². The van der Waals surface area contributed by atoms with E-state index in [4.69, 9.17) is 14.9 Å². The van der Waals surface area contributed by atoms with Crippen LogP contribution in [-0.4, -0.2) is 31.9 Å². The third-order valence-corrected chi connectivity index (χ3v) is 4.98. The second-order valence-electron chi connectivity index (χ2n) is 5.78. The van der Waals surface area contributed by atoms with E-state index in [-0.39, 0.29) is 23.7 Å². The average Bonchev–Trinajstić information content (AvgIpc) is 3.20. The molecule has 0 aliphatic rings. The molecule has 0 amide bonds. The molecule has 27 heavy (non-hydrogen) atoms. The largest absolute Gasteiger partial charge is 0.462 e. The number of aryl methyl sites for hydroxylation is 1. The fraction of sp³-hybridized carbons (Fsp3) is 0.222. The van der Waals surface area contributed by atoms with E-state index in [1.54, 1.807) is 13.8 Å². The monoisotopic (exact) mass is 383 g/mol. The number of furan rings is 1. The number of nitrogen functional groups attached to an aromatic ring is 1. The molecular formula is C18H17N5O3S. The molecule has 0 bridgehead atoms. The number of aromatic nitrogens is 4. The summed E-state index contributed by atoms with van der Waals surface area (Å²) in [5.74, 6) is 1.08. The van der Waals surface area contributed by atoms with Gasteiger partial charge in [0.1, 0.15) is 23.0 Å². The number of thioether (sulfide) groups is 1. The summed E-state index contributed by atoms with van der Waals surface area (Å²) in [6.45, 7) is 3.68. The Hall–Kier alpha value is -3.07. The van der Waals surface area contributed by atoms with E-state index < -0.39 is 5.97 Å². The minimum Gasteiger partial charge on any atom is -0.462 e. The van der Waals surface area contributed by atoms with Crippen molar-refractivity contribution >= 4 is 40.2 Å². The zero-order valence-corrected chi connectivity index (χ0v) is 15.6. The van der Waals surface area contributed by atoms with E-state index >= 15 is 0 Å². The molecule has 0 radical (unpaired) electrons. The molecule has 9 heteroatoms. The molecule has 0 saturated carbocycles. The number of hydrogen-bond acceptors (Lipinski definition) is 8. The van der Waals surface area contributed by atoms with Crippen molar-refractivity contribution in [3.05, 3.63) is 47.7 Å². The summed E-state index contributed by atoms with van der Waals surface area (Å²) >= 11 is 1.49. The van der Waals surface area contributed by atoms with Crippen molar-refractivity contribution in [1.82, 2.24) is 19.4 Å². The summed E-state index contributed by atoms with van der Waals surface area (Å²) < 4.78 is 12.7. The Morgan fingerprint density at radius 1 is 1.37 bits per heavy atom. The van der Waals surface area contributed by atoms with Gasteiger partial charge in [0.15, 0.2) is 5.16 Å². The summed E-state index contributed by atoms with van der Waals surface area (Å²) in [7, 11) is 0. The molecule has 0 aliphatic heterocycles. The number of esters is 1. The van der Waals surface area contributed by atoms with E-state index in [0.717, 1.165) is 10.7 Å². The quantitative estimate of drug-likeness (QED) is 0.413. The Bertz CT molecular complexity index is 1150. The molecule has 4 rings (SSSR count). The van der Waals surface area contributed by atoms with E-state index in [2.05, 4.69) is 15.0 Å². The number of nitrogens with zero attached hydrogens (tertiary/aromatic N) is 4. The van der Waals surface area contributed by atoms with Gasteiger partial charge in [0.2, 0.25) is 5.71 Å². The van der Waals surface area contributed by atoms with Crippen LogP contribution in [0.4, 0.5) is 5.82 Å².